The van der Waals surface area contributed by atoms with Crippen molar-refractivity contribution in [3.05, 3.63) is 54.1 Å². The van der Waals surface area contributed by atoms with E-state index in [1.165, 1.54) is 17.5 Å². The van der Waals surface area contributed by atoms with E-state index in [9.17, 15) is 0 Å². The standard InChI is InChI=1S/C13H15N3/c1-10-4-3-5-12(6-10)11(2)16-13-7-14-9-15-8-13/h3-9,11,16H,1-2H3. The second kappa shape index (κ2) is 4.75. The molecule has 1 aromatic heterocycles. The smallest absolute Gasteiger partial charge is 0.115 e. The van der Waals surface area contributed by atoms with Gasteiger partial charge in [-0.15, -0.1) is 0 Å². The van der Waals surface area contributed by atoms with Crippen LogP contribution in [0.3, 0.4) is 0 Å². The number of nitrogens with zero attached hydrogens (tertiary/aromatic N) is 2. The van der Waals surface area contributed by atoms with Crippen molar-refractivity contribution < 1.29 is 0 Å². The van der Waals surface area contributed by atoms with E-state index in [4.69, 9.17) is 0 Å². The van der Waals surface area contributed by atoms with Crippen molar-refractivity contribution in [2.75, 3.05) is 5.32 Å². The molecule has 0 radical (unpaired) electrons. The maximum Gasteiger partial charge on any atom is 0.115 e. The van der Waals surface area contributed by atoms with E-state index in [1.54, 1.807) is 12.4 Å². The maximum atomic E-state index is 3.98. The molecule has 3 heteroatoms. The van der Waals surface area contributed by atoms with Gasteiger partial charge in [0.2, 0.25) is 0 Å². The first-order valence-corrected chi connectivity index (χ1v) is 5.34. The van der Waals surface area contributed by atoms with Crippen molar-refractivity contribution in [1.29, 1.82) is 0 Å². The van der Waals surface area contributed by atoms with Gasteiger partial charge >= 0.3 is 0 Å². The van der Waals surface area contributed by atoms with Gasteiger partial charge in [-0.2, -0.15) is 0 Å². The van der Waals surface area contributed by atoms with Gasteiger partial charge in [-0.05, 0) is 19.4 Å². The van der Waals surface area contributed by atoms with Gasteiger partial charge in [0.25, 0.3) is 0 Å². The summed E-state index contributed by atoms with van der Waals surface area (Å²) in [7, 11) is 0. The Kier molecular flexibility index (Phi) is 3.15. The van der Waals surface area contributed by atoms with Crippen molar-refractivity contribution in [2.24, 2.45) is 0 Å². The molecule has 1 heterocycles. The van der Waals surface area contributed by atoms with Gasteiger partial charge in [-0.3, -0.25) is 0 Å². The summed E-state index contributed by atoms with van der Waals surface area (Å²) >= 11 is 0. The molecule has 0 spiro atoms. The van der Waals surface area contributed by atoms with Gasteiger partial charge in [-0.25, -0.2) is 9.97 Å². The van der Waals surface area contributed by atoms with Crippen LogP contribution in [0.1, 0.15) is 24.1 Å². The largest absolute Gasteiger partial charge is 0.376 e. The molecule has 0 aliphatic heterocycles. The Hall–Kier alpha value is -1.90. The minimum Gasteiger partial charge on any atom is -0.376 e. The highest BCUT2D eigenvalue weighted by Gasteiger charge is 2.04. The van der Waals surface area contributed by atoms with Crippen LogP contribution in [0.4, 0.5) is 5.69 Å². The summed E-state index contributed by atoms with van der Waals surface area (Å²) < 4.78 is 0. The number of aryl methyl sites for hydroxylation is 1. The third-order valence-corrected chi connectivity index (χ3v) is 2.49. The topological polar surface area (TPSA) is 37.8 Å². The van der Waals surface area contributed by atoms with Crippen LogP contribution < -0.4 is 5.32 Å². The normalized spacial score (nSPS) is 12.1. The molecule has 16 heavy (non-hydrogen) atoms. The third-order valence-electron chi connectivity index (χ3n) is 2.49. The summed E-state index contributed by atoms with van der Waals surface area (Å²) in [6, 6.07) is 8.73. The van der Waals surface area contributed by atoms with E-state index < -0.39 is 0 Å². The van der Waals surface area contributed by atoms with Crippen LogP contribution in [0, 0.1) is 6.92 Å². The molecule has 0 saturated carbocycles. The van der Waals surface area contributed by atoms with Gasteiger partial charge in [0.05, 0.1) is 18.1 Å². The van der Waals surface area contributed by atoms with Gasteiger partial charge in [-0.1, -0.05) is 29.8 Å². The van der Waals surface area contributed by atoms with Crippen LogP contribution in [-0.4, -0.2) is 9.97 Å². The van der Waals surface area contributed by atoms with Crippen molar-refractivity contribution in [1.82, 2.24) is 9.97 Å². The fraction of sp³-hybridized carbons (Fsp3) is 0.231. The number of hydrogen-bond donors (Lipinski definition) is 1. The molecule has 1 atom stereocenters. The zero-order valence-electron chi connectivity index (χ0n) is 9.51. The first kappa shape index (κ1) is 10.6. The predicted molar refractivity (Wildman–Crippen MR) is 65.2 cm³/mol. The first-order valence-electron chi connectivity index (χ1n) is 5.34. The molecule has 0 aliphatic rings. The Bertz CT molecular complexity index is 454. The van der Waals surface area contributed by atoms with E-state index in [0.717, 1.165) is 5.69 Å². The van der Waals surface area contributed by atoms with Crippen LogP contribution in [0.15, 0.2) is 43.0 Å². The van der Waals surface area contributed by atoms with E-state index in [-0.39, 0.29) is 6.04 Å². The molecule has 1 unspecified atom stereocenters. The van der Waals surface area contributed by atoms with Gasteiger partial charge < -0.3 is 5.32 Å². The molecule has 2 aromatic rings. The number of hydrogen-bond acceptors (Lipinski definition) is 3. The summed E-state index contributed by atoms with van der Waals surface area (Å²) in [6.45, 7) is 4.23. The van der Waals surface area contributed by atoms with Crippen LogP contribution in [0.25, 0.3) is 0 Å². The number of anilines is 1. The van der Waals surface area contributed by atoms with Crippen molar-refractivity contribution >= 4 is 5.69 Å². The van der Waals surface area contributed by atoms with E-state index in [2.05, 4.69) is 53.4 Å². The molecule has 82 valence electrons. The second-order valence-corrected chi connectivity index (χ2v) is 3.91. The highest BCUT2D eigenvalue weighted by Crippen LogP contribution is 2.18. The van der Waals surface area contributed by atoms with Crippen LogP contribution in [0.2, 0.25) is 0 Å². The summed E-state index contributed by atoms with van der Waals surface area (Å²) in [4.78, 5) is 7.95. The second-order valence-electron chi connectivity index (χ2n) is 3.91. The molecule has 0 aliphatic carbocycles. The number of nitrogens with one attached hydrogen (secondary N) is 1. The molecule has 1 N–H and O–H groups in total. The lowest BCUT2D eigenvalue weighted by Gasteiger charge is -2.15. The molecule has 1 aromatic carbocycles. The lowest BCUT2D eigenvalue weighted by atomic mass is 10.1. The zero-order valence-corrected chi connectivity index (χ0v) is 9.51. The third kappa shape index (κ3) is 2.57. The fourth-order valence-electron chi connectivity index (χ4n) is 1.65. The Morgan fingerprint density at radius 2 is 1.94 bits per heavy atom. The zero-order chi connectivity index (χ0) is 11.4. The van der Waals surface area contributed by atoms with Crippen LogP contribution in [-0.2, 0) is 0 Å². The van der Waals surface area contributed by atoms with Crippen molar-refractivity contribution in [3.63, 3.8) is 0 Å². The highest BCUT2D eigenvalue weighted by molar-refractivity contribution is 5.41. The SMILES string of the molecule is Cc1cccc(C(C)Nc2cncnc2)c1. The first-order chi connectivity index (χ1) is 7.75. The van der Waals surface area contributed by atoms with Gasteiger partial charge in [0, 0.05) is 6.04 Å². The lowest BCUT2D eigenvalue weighted by molar-refractivity contribution is 0.878. The molecule has 2 rings (SSSR count). The Labute approximate surface area is 95.6 Å². The minimum absolute atomic E-state index is 0.255. The molecule has 0 saturated heterocycles. The number of aromatic nitrogens is 2. The van der Waals surface area contributed by atoms with Gasteiger partial charge in [0.1, 0.15) is 6.33 Å². The van der Waals surface area contributed by atoms with Crippen molar-refractivity contribution in [3.8, 4) is 0 Å². The lowest BCUT2D eigenvalue weighted by Crippen LogP contribution is -2.07. The summed E-state index contributed by atoms with van der Waals surface area (Å²) in [5, 5.41) is 3.36. The average molecular weight is 213 g/mol. The summed E-state index contributed by atoms with van der Waals surface area (Å²) in [6.07, 6.45) is 5.08. The molecule has 0 bridgehead atoms. The molecule has 3 nitrogen and oxygen atoms in total. The van der Waals surface area contributed by atoms with Crippen molar-refractivity contribution in [2.45, 2.75) is 19.9 Å². The van der Waals surface area contributed by atoms with E-state index >= 15 is 0 Å². The Balaban J connectivity index is 2.12. The Morgan fingerprint density at radius 3 is 2.62 bits per heavy atom. The average Bonchev–Trinajstić information content (AvgIpc) is 2.30. The van der Waals surface area contributed by atoms with Crippen LogP contribution in [0.5, 0.6) is 0 Å². The van der Waals surface area contributed by atoms with Crippen LogP contribution >= 0.6 is 0 Å². The number of rotatable bonds is 3. The monoisotopic (exact) mass is 213 g/mol. The Morgan fingerprint density at radius 1 is 1.19 bits per heavy atom. The van der Waals surface area contributed by atoms with E-state index in [0.29, 0.717) is 0 Å². The maximum absolute atomic E-state index is 3.98. The molecular weight excluding hydrogens is 198 g/mol. The summed E-state index contributed by atoms with van der Waals surface area (Å²) in [5.41, 5.74) is 3.48. The quantitative estimate of drug-likeness (QED) is 0.851. The highest BCUT2D eigenvalue weighted by atomic mass is 15.0. The summed E-state index contributed by atoms with van der Waals surface area (Å²) in [5.74, 6) is 0. The minimum atomic E-state index is 0.255. The molecule has 0 fully saturated rings. The molecule has 0 amide bonds. The number of benzene rings is 1. The van der Waals surface area contributed by atoms with E-state index in [1.807, 2.05) is 0 Å². The fourth-order valence-corrected chi connectivity index (χ4v) is 1.65. The molecular formula is C13H15N3. The van der Waals surface area contributed by atoms with Gasteiger partial charge in [0.15, 0.2) is 0 Å². The predicted octanol–water partition coefficient (Wildman–Crippen LogP) is 2.96.